The van der Waals surface area contributed by atoms with Gasteiger partial charge in [0, 0.05) is 30.6 Å². The number of pyridine rings is 1. The van der Waals surface area contributed by atoms with Crippen LogP contribution in [0.15, 0.2) is 48.9 Å². The number of benzene rings is 1. The topological polar surface area (TPSA) is 95.8 Å². The highest BCUT2D eigenvalue weighted by atomic mass is 16.5. The molecule has 1 fully saturated rings. The molecule has 0 amide bonds. The molecule has 2 N–H and O–H groups in total. The SMILES string of the molecule is Cc1cccc(-c2cnc(Nc3cnc(C#N)c(OC4CCCNC4)c3)nc2)c1. The highest BCUT2D eigenvalue weighted by molar-refractivity contribution is 5.64. The fraction of sp³-hybridized carbons (Fsp3) is 0.273. The average molecular weight is 386 g/mol. The minimum absolute atomic E-state index is 0.0396. The first-order valence-corrected chi connectivity index (χ1v) is 9.65. The fourth-order valence-corrected chi connectivity index (χ4v) is 3.28. The Kier molecular flexibility index (Phi) is 5.63. The summed E-state index contributed by atoms with van der Waals surface area (Å²) in [6.07, 6.45) is 7.21. The molecule has 0 aliphatic carbocycles. The molecule has 0 saturated carbocycles. The summed E-state index contributed by atoms with van der Waals surface area (Å²) in [7, 11) is 0. The predicted octanol–water partition coefficient (Wildman–Crippen LogP) is 3.59. The number of nitrogens with one attached hydrogen (secondary N) is 2. The van der Waals surface area contributed by atoms with Gasteiger partial charge < -0.3 is 15.4 Å². The van der Waals surface area contributed by atoms with Crippen LogP contribution < -0.4 is 15.4 Å². The third kappa shape index (κ3) is 4.68. The first-order valence-electron chi connectivity index (χ1n) is 9.65. The van der Waals surface area contributed by atoms with Crippen LogP contribution in [0.4, 0.5) is 11.6 Å². The molecule has 0 spiro atoms. The summed E-state index contributed by atoms with van der Waals surface area (Å²) in [5.41, 5.74) is 4.16. The van der Waals surface area contributed by atoms with Crippen molar-refractivity contribution in [3.8, 4) is 22.9 Å². The van der Waals surface area contributed by atoms with Gasteiger partial charge in [-0.3, -0.25) is 0 Å². The smallest absolute Gasteiger partial charge is 0.227 e. The molecule has 3 heterocycles. The Labute approximate surface area is 169 Å². The number of piperidine rings is 1. The molecule has 0 bridgehead atoms. The van der Waals surface area contributed by atoms with Gasteiger partial charge >= 0.3 is 0 Å². The average Bonchev–Trinajstić information content (AvgIpc) is 2.75. The molecule has 3 aromatic rings. The highest BCUT2D eigenvalue weighted by Gasteiger charge is 2.17. The van der Waals surface area contributed by atoms with Crippen LogP contribution in [0.25, 0.3) is 11.1 Å². The second-order valence-corrected chi connectivity index (χ2v) is 7.06. The van der Waals surface area contributed by atoms with E-state index in [-0.39, 0.29) is 11.8 Å². The lowest BCUT2D eigenvalue weighted by Gasteiger charge is -2.24. The van der Waals surface area contributed by atoms with Gasteiger partial charge in [-0.05, 0) is 31.9 Å². The lowest BCUT2D eigenvalue weighted by Crippen LogP contribution is -2.37. The molecular weight excluding hydrogens is 364 g/mol. The quantitative estimate of drug-likeness (QED) is 0.692. The van der Waals surface area contributed by atoms with Gasteiger partial charge in [0.2, 0.25) is 5.95 Å². The second-order valence-electron chi connectivity index (χ2n) is 7.06. The number of hydrogen-bond donors (Lipinski definition) is 2. The van der Waals surface area contributed by atoms with Crippen molar-refractivity contribution in [2.24, 2.45) is 0 Å². The summed E-state index contributed by atoms with van der Waals surface area (Å²) >= 11 is 0. The van der Waals surface area contributed by atoms with Crippen molar-refractivity contribution in [2.45, 2.75) is 25.9 Å². The van der Waals surface area contributed by atoms with Gasteiger partial charge in [0.25, 0.3) is 0 Å². The molecule has 1 aromatic carbocycles. The van der Waals surface area contributed by atoms with Crippen molar-refractivity contribution in [3.63, 3.8) is 0 Å². The van der Waals surface area contributed by atoms with Crippen LogP contribution in [-0.4, -0.2) is 34.1 Å². The lowest BCUT2D eigenvalue weighted by atomic mass is 10.1. The molecule has 29 heavy (non-hydrogen) atoms. The van der Waals surface area contributed by atoms with E-state index in [4.69, 9.17) is 4.74 Å². The molecule has 4 rings (SSSR count). The molecule has 146 valence electrons. The number of ether oxygens (including phenoxy) is 1. The van der Waals surface area contributed by atoms with Crippen molar-refractivity contribution in [3.05, 3.63) is 60.2 Å². The first kappa shape index (κ1) is 18.8. The van der Waals surface area contributed by atoms with Crippen molar-refractivity contribution < 1.29 is 4.74 Å². The summed E-state index contributed by atoms with van der Waals surface area (Å²) in [5.74, 6) is 0.931. The van der Waals surface area contributed by atoms with Crippen LogP contribution in [0, 0.1) is 18.3 Å². The molecule has 0 radical (unpaired) electrons. The Morgan fingerprint density at radius 1 is 1.14 bits per heavy atom. The van der Waals surface area contributed by atoms with Crippen molar-refractivity contribution in [2.75, 3.05) is 18.4 Å². The van der Waals surface area contributed by atoms with E-state index in [0.717, 1.165) is 37.1 Å². The van der Waals surface area contributed by atoms with Gasteiger partial charge in [0.1, 0.15) is 12.2 Å². The van der Waals surface area contributed by atoms with E-state index in [9.17, 15) is 5.26 Å². The molecule has 1 aliphatic rings. The summed E-state index contributed by atoms with van der Waals surface area (Å²) in [4.78, 5) is 13.0. The summed E-state index contributed by atoms with van der Waals surface area (Å²) in [6.45, 7) is 3.83. The zero-order chi connectivity index (χ0) is 20.1. The van der Waals surface area contributed by atoms with Crippen LogP contribution >= 0.6 is 0 Å². The zero-order valence-electron chi connectivity index (χ0n) is 16.2. The number of aromatic nitrogens is 3. The lowest BCUT2D eigenvalue weighted by molar-refractivity contribution is 0.166. The fourth-order valence-electron chi connectivity index (χ4n) is 3.28. The third-order valence-corrected chi connectivity index (χ3v) is 4.76. The van der Waals surface area contributed by atoms with E-state index in [1.165, 1.54) is 5.56 Å². The van der Waals surface area contributed by atoms with E-state index in [1.54, 1.807) is 24.7 Å². The predicted molar refractivity (Wildman–Crippen MR) is 111 cm³/mol. The van der Waals surface area contributed by atoms with Gasteiger partial charge in [-0.25, -0.2) is 15.0 Å². The first-order chi connectivity index (χ1) is 14.2. The molecule has 7 heteroatoms. The van der Waals surface area contributed by atoms with E-state index in [1.807, 2.05) is 12.1 Å². The van der Waals surface area contributed by atoms with Gasteiger partial charge in [-0.1, -0.05) is 29.8 Å². The largest absolute Gasteiger partial charge is 0.486 e. The Morgan fingerprint density at radius 3 is 2.72 bits per heavy atom. The molecule has 1 atom stereocenters. The minimum Gasteiger partial charge on any atom is -0.486 e. The molecule has 1 saturated heterocycles. The molecule has 1 unspecified atom stereocenters. The van der Waals surface area contributed by atoms with Crippen LogP contribution in [0.2, 0.25) is 0 Å². The Morgan fingerprint density at radius 2 is 2.00 bits per heavy atom. The highest BCUT2D eigenvalue weighted by Crippen LogP contribution is 2.25. The molecular formula is C22H22N6O. The van der Waals surface area contributed by atoms with Crippen LogP contribution in [0.5, 0.6) is 5.75 Å². The number of aryl methyl sites for hydroxylation is 1. The van der Waals surface area contributed by atoms with E-state index >= 15 is 0 Å². The van der Waals surface area contributed by atoms with E-state index < -0.39 is 0 Å². The monoisotopic (exact) mass is 386 g/mol. The van der Waals surface area contributed by atoms with Crippen molar-refractivity contribution in [1.29, 1.82) is 5.26 Å². The normalized spacial score (nSPS) is 16.1. The van der Waals surface area contributed by atoms with Crippen molar-refractivity contribution >= 4 is 11.6 Å². The second kappa shape index (κ2) is 8.67. The van der Waals surface area contributed by atoms with Gasteiger partial charge in [0.15, 0.2) is 11.4 Å². The van der Waals surface area contributed by atoms with Crippen LogP contribution in [0.3, 0.4) is 0 Å². The Balaban J connectivity index is 1.50. The van der Waals surface area contributed by atoms with E-state index in [0.29, 0.717) is 17.4 Å². The zero-order valence-corrected chi connectivity index (χ0v) is 16.2. The minimum atomic E-state index is 0.0396. The summed E-state index contributed by atoms with van der Waals surface area (Å²) < 4.78 is 6.02. The summed E-state index contributed by atoms with van der Waals surface area (Å²) in [6, 6.07) is 12.1. The molecule has 7 nitrogen and oxygen atoms in total. The van der Waals surface area contributed by atoms with Crippen LogP contribution in [-0.2, 0) is 0 Å². The number of nitrogens with zero attached hydrogens (tertiary/aromatic N) is 4. The number of anilines is 2. The van der Waals surface area contributed by atoms with Gasteiger partial charge in [-0.15, -0.1) is 0 Å². The van der Waals surface area contributed by atoms with Crippen molar-refractivity contribution in [1.82, 2.24) is 20.3 Å². The maximum absolute atomic E-state index is 9.33. The standard InChI is InChI=1S/C22H22N6O/c1-15-4-2-5-16(8-15)17-11-26-22(27-12-17)28-18-9-21(20(10-23)25-13-18)29-19-6-3-7-24-14-19/h2,4-5,8-9,11-13,19,24H,3,6-7,14H2,1H3,(H,26,27,28). The number of nitriles is 1. The number of hydrogen-bond acceptors (Lipinski definition) is 7. The summed E-state index contributed by atoms with van der Waals surface area (Å²) in [5, 5.41) is 15.8. The Hall–Kier alpha value is -3.50. The Bertz CT molecular complexity index is 1020. The van der Waals surface area contributed by atoms with Crippen LogP contribution in [0.1, 0.15) is 24.1 Å². The van der Waals surface area contributed by atoms with Gasteiger partial charge in [0.05, 0.1) is 11.9 Å². The van der Waals surface area contributed by atoms with E-state index in [2.05, 4.69) is 50.7 Å². The molecule has 2 aromatic heterocycles. The third-order valence-electron chi connectivity index (χ3n) is 4.76. The van der Waals surface area contributed by atoms with Gasteiger partial charge in [-0.2, -0.15) is 5.26 Å². The molecule has 1 aliphatic heterocycles. The number of rotatable bonds is 5. The maximum atomic E-state index is 9.33. The maximum Gasteiger partial charge on any atom is 0.227 e.